The molecule has 1 saturated heterocycles. The largest absolute Gasteiger partial charge is 0.325 e. The first-order valence-corrected chi connectivity index (χ1v) is 7.97. The maximum atomic E-state index is 12.1. The fourth-order valence-corrected chi connectivity index (χ4v) is 2.85. The smallest absolute Gasteiger partial charge is 0.238 e. The van der Waals surface area contributed by atoms with Crippen molar-refractivity contribution in [3.8, 4) is 0 Å². The number of rotatable bonds is 6. The minimum atomic E-state index is 0.0861. The Morgan fingerprint density at radius 3 is 2.81 bits per heavy atom. The topological polar surface area (TPSA) is 44.4 Å². The molecule has 2 N–H and O–H groups in total. The zero-order chi connectivity index (χ0) is 15.1. The monoisotopic (exact) mass is 289 g/mol. The van der Waals surface area contributed by atoms with Gasteiger partial charge in [-0.3, -0.25) is 9.69 Å². The molecule has 0 aliphatic carbocycles. The van der Waals surface area contributed by atoms with Gasteiger partial charge in [-0.25, -0.2) is 0 Å². The fourth-order valence-electron chi connectivity index (χ4n) is 2.85. The van der Waals surface area contributed by atoms with E-state index in [-0.39, 0.29) is 5.91 Å². The molecule has 4 heteroatoms. The number of amides is 1. The van der Waals surface area contributed by atoms with Crippen molar-refractivity contribution in [3.63, 3.8) is 0 Å². The highest BCUT2D eigenvalue weighted by molar-refractivity contribution is 5.92. The van der Waals surface area contributed by atoms with E-state index in [1.165, 1.54) is 18.4 Å². The van der Waals surface area contributed by atoms with E-state index in [0.29, 0.717) is 12.5 Å². The highest BCUT2D eigenvalue weighted by atomic mass is 16.2. The summed E-state index contributed by atoms with van der Waals surface area (Å²) in [7, 11) is 0. The van der Waals surface area contributed by atoms with Gasteiger partial charge < -0.3 is 10.6 Å². The van der Waals surface area contributed by atoms with Gasteiger partial charge in [0.15, 0.2) is 0 Å². The van der Waals surface area contributed by atoms with Crippen LogP contribution < -0.4 is 10.6 Å². The lowest BCUT2D eigenvalue weighted by atomic mass is 9.98. The number of carbonyl (C=O) groups excluding carboxylic acids is 1. The van der Waals surface area contributed by atoms with Crippen LogP contribution in [0.15, 0.2) is 24.3 Å². The van der Waals surface area contributed by atoms with E-state index in [0.717, 1.165) is 31.9 Å². The molecule has 1 heterocycles. The SMILES string of the molecule is CCNCC1CCCN(CC(=O)Nc2ccc(C)cc2)C1. The number of piperidine rings is 1. The first-order chi connectivity index (χ1) is 10.2. The van der Waals surface area contributed by atoms with Crippen LogP contribution in [0.2, 0.25) is 0 Å². The summed E-state index contributed by atoms with van der Waals surface area (Å²) in [6.07, 6.45) is 2.46. The highest BCUT2D eigenvalue weighted by Gasteiger charge is 2.21. The molecule has 1 aromatic rings. The molecule has 2 rings (SSSR count). The average molecular weight is 289 g/mol. The van der Waals surface area contributed by atoms with Gasteiger partial charge in [0.05, 0.1) is 6.54 Å². The van der Waals surface area contributed by atoms with Gasteiger partial charge in [-0.05, 0) is 57.5 Å². The van der Waals surface area contributed by atoms with Gasteiger partial charge >= 0.3 is 0 Å². The molecular weight excluding hydrogens is 262 g/mol. The second kappa shape index (κ2) is 8.15. The van der Waals surface area contributed by atoms with Gasteiger partial charge in [-0.2, -0.15) is 0 Å². The molecule has 0 radical (unpaired) electrons. The molecule has 1 aromatic carbocycles. The summed E-state index contributed by atoms with van der Waals surface area (Å²) in [5, 5.41) is 6.39. The van der Waals surface area contributed by atoms with Crippen molar-refractivity contribution in [2.24, 2.45) is 5.92 Å². The van der Waals surface area contributed by atoms with E-state index in [1.807, 2.05) is 31.2 Å². The van der Waals surface area contributed by atoms with Crippen LogP contribution in [0.1, 0.15) is 25.3 Å². The number of hydrogen-bond donors (Lipinski definition) is 2. The van der Waals surface area contributed by atoms with E-state index in [9.17, 15) is 4.79 Å². The molecule has 1 unspecified atom stereocenters. The van der Waals surface area contributed by atoms with Crippen molar-refractivity contribution in [2.45, 2.75) is 26.7 Å². The lowest BCUT2D eigenvalue weighted by Crippen LogP contribution is -2.43. The van der Waals surface area contributed by atoms with Crippen LogP contribution in [0.4, 0.5) is 5.69 Å². The summed E-state index contributed by atoms with van der Waals surface area (Å²) < 4.78 is 0. The number of hydrogen-bond acceptors (Lipinski definition) is 3. The molecule has 1 atom stereocenters. The summed E-state index contributed by atoms with van der Waals surface area (Å²) in [5.74, 6) is 0.758. The molecule has 1 aliphatic rings. The van der Waals surface area contributed by atoms with Crippen molar-refractivity contribution in [2.75, 3.05) is 38.0 Å². The van der Waals surface area contributed by atoms with E-state index in [4.69, 9.17) is 0 Å². The van der Waals surface area contributed by atoms with Gasteiger partial charge in [0.1, 0.15) is 0 Å². The van der Waals surface area contributed by atoms with Crippen LogP contribution in [0.5, 0.6) is 0 Å². The summed E-state index contributed by atoms with van der Waals surface area (Å²) in [6.45, 7) is 8.81. The van der Waals surface area contributed by atoms with Crippen molar-refractivity contribution < 1.29 is 4.79 Å². The van der Waals surface area contributed by atoms with E-state index in [1.54, 1.807) is 0 Å². The Bertz CT molecular complexity index is 444. The average Bonchev–Trinajstić information content (AvgIpc) is 2.48. The number of anilines is 1. The lowest BCUT2D eigenvalue weighted by Gasteiger charge is -2.32. The normalized spacial score (nSPS) is 19.4. The van der Waals surface area contributed by atoms with Crippen molar-refractivity contribution in [1.29, 1.82) is 0 Å². The Labute approximate surface area is 127 Å². The van der Waals surface area contributed by atoms with Crippen molar-refractivity contribution >= 4 is 11.6 Å². The van der Waals surface area contributed by atoms with E-state index in [2.05, 4.69) is 22.5 Å². The minimum Gasteiger partial charge on any atom is -0.325 e. The molecule has 116 valence electrons. The molecule has 1 amide bonds. The molecule has 1 aliphatic heterocycles. The summed E-state index contributed by atoms with van der Waals surface area (Å²) in [5.41, 5.74) is 2.09. The predicted molar refractivity (Wildman–Crippen MR) is 87.5 cm³/mol. The maximum absolute atomic E-state index is 12.1. The number of aryl methyl sites for hydroxylation is 1. The fraction of sp³-hybridized carbons (Fsp3) is 0.588. The van der Waals surface area contributed by atoms with Gasteiger partial charge in [-0.1, -0.05) is 24.6 Å². The summed E-state index contributed by atoms with van der Waals surface area (Å²) >= 11 is 0. The predicted octanol–water partition coefficient (Wildman–Crippen LogP) is 2.26. The molecule has 0 aromatic heterocycles. The number of benzene rings is 1. The molecule has 1 fully saturated rings. The third kappa shape index (κ3) is 5.48. The van der Waals surface area contributed by atoms with Gasteiger partial charge in [0.2, 0.25) is 5.91 Å². The third-order valence-electron chi connectivity index (χ3n) is 3.99. The second-order valence-electron chi connectivity index (χ2n) is 5.97. The van der Waals surface area contributed by atoms with Gasteiger partial charge in [-0.15, -0.1) is 0 Å². The lowest BCUT2D eigenvalue weighted by molar-refractivity contribution is -0.117. The zero-order valence-electron chi connectivity index (χ0n) is 13.2. The molecule has 0 saturated carbocycles. The van der Waals surface area contributed by atoms with Gasteiger partial charge in [0, 0.05) is 12.2 Å². The van der Waals surface area contributed by atoms with E-state index >= 15 is 0 Å². The van der Waals surface area contributed by atoms with Crippen LogP contribution in [0.25, 0.3) is 0 Å². The first-order valence-electron chi connectivity index (χ1n) is 7.97. The zero-order valence-corrected chi connectivity index (χ0v) is 13.2. The van der Waals surface area contributed by atoms with Gasteiger partial charge in [0.25, 0.3) is 0 Å². The first kappa shape index (κ1) is 16.0. The quantitative estimate of drug-likeness (QED) is 0.844. The van der Waals surface area contributed by atoms with Crippen LogP contribution >= 0.6 is 0 Å². The Hall–Kier alpha value is -1.39. The number of nitrogens with zero attached hydrogens (tertiary/aromatic N) is 1. The van der Waals surface area contributed by atoms with E-state index < -0.39 is 0 Å². The Balaban J connectivity index is 1.77. The van der Waals surface area contributed by atoms with Crippen LogP contribution in [-0.4, -0.2) is 43.5 Å². The number of likely N-dealkylation sites (tertiary alicyclic amines) is 1. The van der Waals surface area contributed by atoms with Crippen molar-refractivity contribution in [3.05, 3.63) is 29.8 Å². The number of nitrogens with one attached hydrogen (secondary N) is 2. The molecule has 21 heavy (non-hydrogen) atoms. The Kier molecular flexibility index (Phi) is 6.21. The Morgan fingerprint density at radius 2 is 2.10 bits per heavy atom. The Morgan fingerprint density at radius 1 is 1.33 bits per heavy atom. The van der Waals surface area contributed by atoms with Crippen LogP contribution in [0, 0.1) is 12.8 Å². The number of carbonyl (C=O) groups is 1. The maximum Gasteiger partial charge on any atom is 0.238 e. The third-order valence-corrected chi connectivity index (χ3v) is 3.99. The van der Waals surface area contributed by atoms with Crippen LogP contribution in [-0.2, 0) is 4.79 Å². The van der Waals surface area contributed by atoms with Crippen LogP contribution in [0.3, 0.4) is 0 Å². The highest BCUT2D eigenvalue weighted by Crippen LogP contribution is 2.16. The second-order valence-corrected chi connectivity index (χ2v) is 5.97. The molecule has 0 bridgehead atoms. The standard InChI is InChI=1S/C17H27N3O/c1-3-18-11-15-5-4-10-20(12-15)13-17(21)19-16-8-6-14(2)7-9-16/h6-9,15,18H,3-5,10-13H2,1-2H3,(H,19,21). The summed E-state index contributed by atoms with van der Waals surface area (Å²) in [4.78, 5) is 14.4. The van der Waals surface area contributed by atoms with Crippen molar-refractivity contribution in [1.82, 2.24) is 10.2 Å². The molecule has 0 spiro atoms. The molecule has 4 nitrogen and oxygen atoms in total. The summed E-state index contributed by atoms with van der Waals surface area (Å²) in [6, 6.07) is 7.95. The molecular formula is C17H27N3O. The minimum absolute atomic E-state index is 0.0861.